The highest BCUT2D eigenvalue weighted by atomic mass is 35.7. The second-order valence-corrected chi connectivity index (χ2v) is 5.45. The molecule has 0 unspecified atom stereocenters. The smallest absolute Gasteiger partial charge is 0.339 e. The van der Waals surface area contributed by atoms with E-state index in [0.29, 0.717) is 0 Å². The lowest BCUT2D eigenvalue weighted by Gasteiger charge is -2.06. The summed E-state index contributed by atoms with van der Waals surface area (Å²) in [4.78, 5) is 11.2. The van der Waals surface area contributed by atoms with Gasteiger partial charge in [-0.1, -0.05) is 0 Å². The normalized spacial score (nSPS) is 11.1. The molecule has 88 valence electrons. The molecule has 2 N–H and O–H groups in total. The molecule has 0 aliphatic heterocycles. The standard InChI is InChI=1S/C9H10ClNO4S/c1-2-15-9(12)7-5-6(11)3-4-8(7)16(10,13)14/h3-5H,2,11H2,1H3. The molecule has 0 fully saturated rings. The van der Waals surface area contributed by atoms with Crippen molar-refractivity contribution in [2.45, 2.75) is 11.8 Å². The van der Waals surface area contributed by atoms with E-state index in [1.54, 1.807) is 6.92 Å². The minimum atomic E-state index is -4.00. The molecule has 0 aromatic heterocycles. The summed E-state index contributed by atoms with van der Waals surface area (Å²) in [6.07, 6.45) is 0. The van der Waals surface area contributed by atoms with Crippen LogP contribution >= 0.6 is 10.7 Å². The van der Waals surface area contributed by atoms with Crippen molar-refractivity contribution in [1.29, 1.82) is 0 Å². The van der Waals surface area contributed by atoms with Crippen LogP contribution in [0.2, 0.25) is 0 Å². The maximum Gasteiger partial charge on any atom is 0.339 e. The molecule has 0 bridgehead atoms. The van der Waals surface area contributed by atoms with Crippen LogP contribution in [0.1, 0.15) is 17.3 Å². The molecular formula is C9H10ClNO4S. The van der Waals surface area contributed by atoms with E-state index in [4.69, 9.17) is 21.2 Å². The number of nitrogens with two attached hydrogens (primary N) is 1. The van der Waals surface area contributed by atoms with E-state index < -0.39 is 15.0 Å². The summed E-state index contributed by atoms with van der Waals surface area (Å²) >= 11 is 0. The summed E-state index contributed by atoms with van der Waals surface area (Å²) in [5, 5.41) is 0. The Labute approximate surface area is 97.6 Å². The first-order valence-electron chi connectivity index (χ1n) is 4.37. The maximum atomic E-state index is 11.5. The average Bonchev–Trinajstić information content (AvgIpc) is 2.16. The fraction of sp³-hybridized carbons (Fsp3) is 0.222. The van der Waals surface area contributed by atoms with Crippen molar-refractivity contribution >= 4 is 31.4 Å². The van der Waals surface area contributed by atoms with Gasteiger partial charge in [-0.25, -0.2) is 13.2 Å². The van der Waals surface area contributed by atoms with Crippen LogP contribution in [0.25, 0.3) is 0 Å². The summed E-state index contributed by atoms with van der Waals surface area (Å²) in [7, 11) is 1.19. The predicted molar refractivity (Wildman–Crippen MR) is 59.8 cm³/mol. The summed E-state index contributed by atoms with van der Waals surface area (Å²) < 4.78 is 27.1. The van der Waals surface area contributed by atoms with Crippen LogP contribution in [0.3, 0.4) is 0 Å². The van der Waals surface area contributed by atoms with Gasteiger partial charge in [0.15, 0.2) is 0 Å². The lowest BCUT2D eigenvalue weighted by Crippen LogP contribution is -2.10. The highest BCUT2D eigenvalue weighted by Crippen LogP contribution is 2.23. The van der Waals surface area contributed by atoms with Crippen LogP contribution in [0.4, 0.5) is 5.69 Å². The Bertz CT molecular complexity index is 512. The first kappa shape index (κ1) is 12.8. The third-order valence-electron chi connectivity index (χ3n) is 1.76. The fourth-order valence-corrected chi connectivity index (χ4v) is 2.17. The molecule has 0 saturated carbocycles. The number of carbonyl (C=O) groups is 1. The summed E-state index contributed by atoms with van der Waals surface area (Å²) in [6, 6.07) is 3.73. The van der Waals surface area contributed by atoms with E-state index >= 15 is 0 Å². The molecule has 1 aromatic rings. The van der Waals surface area contributed by atoms with Crippen molar-refractivity contribution < 1.29 is 17.9 Å². The zero-order valence-electron chi connectivity index (χ0n) is 8.44. The predicted octanol–water partition coefficient (Wildman–Crippen LogP) is 1.37. The van der Waals surface area contributed by atoms with E-state index in [-0.39, 0.29) is 22.8 Å². The topological polar surface area (TPSA) is 86.5 Å². The van der Waals surface area contributed by atoms with Crippen LogP contribution in [-0.2, 0) is 13.8 Å². The lowest BCUT2D eigenvalue weighted by molar-refractivity contribution is 0.0522. The number of carbonyl (C=O) groups excluding carboxylic acids is 1. The Morgan fingerprint density at radius 1 is 1.50 bits per heavy atom. The molecule has 7 heteroatoms. The third-order valence-corrected chi connectivity index (χ3v) is 3.14. The zero-order chi connectivity index (χ0) is 12.3. The average molecular weight is 264 g/mol. The quantitative estimate of drug-likeness (QED) is 0.506. The molecule has 0 aliphatic rings. The number of rotatable bonds is 3. The maximum absolute atomic E-state index is 11.5. The van der Waals surface area contributed by atoms with Crippen LogP contribution in [-0.4, -0.2) is 21.0 Å². The van der Waals surface area contributed by atoms with Crippen molar-refractivity contribution in [2.24, 2.45) is 0 Å². The molecule has 0 aliphatic carbocycles. The molecule has 0 radical (unpaired) electrons. The summed E-state index contributed by atoms with van der Waals surface area (Å²) in [5.74, 6) is -0.769. The van der Waals surface area contributed by atoms with Crippen molar-refractivity contribution in [2.75, 3.05) is 12.3 Å². The summed E-state index contributed by atoms with van der Waals surface area (Å²) in [5.41, 5.74) is 5.56. The first-order valence-corrected chi connectivity index (χ1v) is 6.68. The van der Waals surface area contributed by atoms with Gasteiger partial charge in [-0.15, -0.1) is 0 Å². The lowest BCUT2D eigenvalue weighted by atomic mass is 10.2. The fourth-order valence-electron chi connectivity index (χ4n) is 1.13. The molecule has 1 rings (SSSR count). The Morgan fingerprint density at radius 3 is 2.62 bits per heavy atom. The van der Waals surface area contributed by atoms with E-state index in [9.17, 15) is 13.2 Å². The van der Waals surface area contributed by atoms with Crippen molar-refractivity contribution in [3.8, 4) is 0 Å². The molecule has 0 saturated heterocycles. The number of halogens is 1. The molecule has 0 atom stereocenters. The van der Waals surface area contributed by atoms with E-state index in [1.165, 1.54) is 18.2 Å². The van der Waals surface area contributed by atoms with Gasteiger partial charge in [0.2, 0.25) is 0 Å². The minimum Gasteiger partial charge on any atom is -0.462 e. The second kappa shape index (κ2) is 4.71. The van der Waals surface area contributed by atoms with Gasteiger partial charge >= 0.3 is 5.97 Å². The molecule has 5 nitrogen and oxygen atoms in total. The Hall–Kier alpha value is -1.27. The van der Waals surface area contributed by atoms with Gasteiger partial charge < -0.3 is 10.5 Å². The van der Waals surface area contributed by atoms with Crippen LogP contribution in [0, 0.1) is 0 Å². The van der Waals surface area contributed by atoms with Gasteiger partial charge in [0.1, 0.15) is 0 Å². The van der Waals surface area contributed by atoms with Crippen LogP contribution < -0.4 is 5.73 Å². The number of nitrogen functional groups attached to an aromatic ring is 1. The highest BCUT2D eigenvalue weighted by Gasteiger charge is 2.21. The zero-order valence-corrected chi connectivity index (χ0v) is 10.0. The molecule has 1 aromatic carbocycles. The van der Waals surface area contributed by atoms with Crippen LogP contribution in [0.5, 0.6) is 0 Å². The van der Waals surface area contributed by atoms with Gasteiger partial charge in [0.05, 0.1) is 17.1 Å². The van der Waals surface area contributed by atoms with Crippen molar-refractivity contribution in [3.63, 3.8) is 0 Å². The van der Waals surface area contributed by atoms with E-state index in [0.717, 1.165) is 0 Å². The van der Waals surface area contributed by atoms with Gasteiger partial charge in [0, 0.05) is 16.4 Å². The SMILES string of the molecule is CCOC(=O)c1cc(N)ccc1S(=O)(=O)Cl. The number of anilines is 1. The molecule has 16 heavy (non-hydrogen) atoms. The number of ether oxygens (including phenoxy) is 1. The monoisotopic (exact) mass is 263 g/mol. The van der Waals surface area contributed by atoms with E-state index in [1.807, 2.05) is 0 Å². The second-order valence-electron chi connectivity index (χ2n) is 2.91. The number of hydrogen-bond acceptors (Lipinski definition) is 5. The molecule has 0 amide bonds. The van der Waals surface area contributed by atoms with E-state index in [2.05, 4.69) is 0 Å². The van der Waals surface area contributed by atoms with Gasteiger partial charge in [0.25, 0.3) is 9.05 Å². The van der Waals surface area contributed by atoms with Crippen molar-refractivity contribution in [3.05, 3.63) is 23.8 Å². The highest BCUT2D eigenvalue weighted by molar-refractivity contribution is 8.13. The third kappa shape index (κ3) is 2.86. The molecular weight excluding hydrogens is 254 g/mol. The number of benzene rings is 1. The van der Waals surface area contributed by atoms with Gasteiger partial charge in [-0.05, 0) is 25.1 Å². The largest absolute Gasteiger partial charge is 0.462 e. The van der Waals surface area contributed by atoms with Crippen LogP contribution in [0.15, 0.2) is 23.1 Å². The molecule has 0 heterocycles. The Morgan fingerprint density at radius 2 is 2.12 bits per heavy atom. The Kier molecular flexibility index (Phi) is 3.77. The van der Waals surface area contributed by atoms with Gasteiger partial charge in [-0.3, -0.25) is 0 Å². The van der Waals surface area contributed by atoms with Gasteiger partial charge in [-0.2, -0.15) is 0 Å². The minimum absolute atomic E-state index is 0.134. The van der Waals surface area contributed by atoms with Crippen molar-refractivity contribution in [1.82, 2.24) is 0 Å². The first-order chi connectivity index (χ1) is 7.36. The summed E-state index contributed by atoms with van der Waals surface area (Å²) in [6.45, 7) is 1.74. The Balaban J connectivity index is 3.35. The number of esters is 1. The number of hydrogen-bond donors (Lipinski definition) is 1. The molecule has 0 spiro atoms.